The molecule has 2 rings (SSSR count). The van der Waals surface area contributed by atoms with Crippen molar-refractivity contribution in [2.45, 2.75) is 6.54 Å². The molecule has 0 aromatic heterocycles. The number of rotatable bonds is 4. The van der Waals surface area contributed by atoms with E-state index in [4.69, 9.17) is 16.3 Å². The van der Waals surface area contributed by atoms with Gasteiger partial charge in [0.2, 0.25) is 0 Å². The summed E-state index contributed by atoms with van der Waals surface area (Å²) in [6.45, 7) is 0.314. The third-order valence-corrected chi connectivity index (χ3v) is 3.66. The van der Waals surface area contributed by atoms with Crippen molar-refractivity contribution in [1.82, 2.24) is 5.32 Å². The third kappa shape index (κ3) is 3.52. The molecule has 1 amide bonds. The highest BCUT2D eigenvalue weighted by Gasteiger charge is 2.10. The van der Waals surface area contributed by atoms with Gasteiger partial charge < -0.3 is 10.1 Å². The molecule has 0 atom stereocenters. The lowest BCUT2D eigenvalue weighted by atomic mass is 10.1. The molecule has 2 aromatic rings. The lowest BCUT2D eigenvalue weighted by Gasteiger charge is -2.11. The van der Waals surface area contributed by atoms with Gasteiger partial charge in [-0.3, -0.25) is 4.79 Å². The summed E-state index contributed by atoms with van der Waals surface area (Å²) in [5.74, 6) is 0.500. The van der Waals surface area contributed by atoms with Gasteiger partial charge in [0.25, 0.3) is 5.91 Å². The van der Waals surface area contributed by atoms with Gasteiger partial charge in [0.1, 0.15) is 5.75 Å². The fourth-order valence-corrected chi connectivity index (χ4v) is 2.43. The fourth-order valence-electron chi connectivity index (χ4n) is 1.80. The number of hydrogen-bond acceptors (Lipinski definition) is 2. The first-order valence-electron chi connectivity index (χ1n) is 5.97. The number of carbonyl (C=O) groups excluding carboxylic acids is 1. The topological polar surface area (TPSA) is 38.3 Å². The maximum atomic E-state index is 12.1. The number of hydrogen-bond donors (Lipinski definition) is 1. The summed E-state index contributed by atoms with van der Waals surface area (Å²) in [5, 5.41) is 3.40. The lowest BCUT2D eigenvalue weighted by Crippen LogP contribution is -2.23. The van der Waals surface area contributed by atoms with Gasteiger partial charge in [-0.2, -0.15) is 0 Å². The Bertz CT molecular complexity index is 631. The molecule has 0 fully saturated rings. The predicted molar refractivity (Wildman–Crippen MR) is 83.3 cm³/mol. The Balaban J connectivity index is 2.11. The molecule has 5 heteroatoms. The van der Waals surface area contributed by atoms with Crippen molar-refractivity contribution in [3.05, 3.63) is 63.1 Å². The van der Waals surface area contributed by atoms with Crippen LogP contribution in [0.3, 0.4) is 0 Å². The van der Waals surface area contributed by atoms with Crippen LogP contribution in [-0.2, 0) is 6.54 Å². The van der Waals surface area contributed by atoms with E-state index in [-0.39, 0.29) is 5.91 Å². The summed E-state index contributed by atoms with van der Waals surface area (Å²) in [6, 6.07) is 12.6. The van der Waals surface area contributed by atoms with E-state index in [1.807, 2.05) is 18.2 Å². The Hall–Kier alpha value is -1.52. The Labute approximate surface area is 131 Å². The monoisotopic (exact) mass is 353 g/mol. The van der Waals surface area contributed by atoms with Crippen LogP contribution in [0.25, 0.3) is 0 Å². The first kappa shape index (κ1) is 14.9. The molecule has 0 unspecified atom stereocenters. The molecule has 0 saturated heterocycles. The van der Waals surface area contributed by atoms with Gasteiger partial charge in [0.15, 0.2) is 0 Å². The standard InChI is InChI=1S/C15H13BrClNO2/c1-20-14-7-3-6-13(17)12(14)9-18-15(19)10-4-2-5-11(16)8-10/h2-8H,9H2,1H3,(H,18,19). The summed E-state index contributed by atoms with van der Waals surface area (Å²) in [4.78, 5) is 12.1. The van der Waals surface area contributed by atoms with Crippen LogP contribution in [0, 0.1) is 0 Å². The molecule has 0 aliphatic rings. The lowest BCUT2D eigenvalue weighted by molar-refractivity contribution is 0.0950. The Morgan fingerprint density at radius 2 is 2.05 bits per heavy atom. The van der Waals surface area contributed by atoms with Gasteiger partial charge in [-0.25, -0.2) is 0 Å². The van der Waals surface area contributed by atoms with E-state index < -0.39 is 0 Å². The molecule has 0 heterocycles. The van der Waals surface area contributed by atoms with Gasteiger partial charge in [0.05, 0.1) is 7.11 Å². The maximum absolute atomic E-state index is 12.1. The van der Waals surface area contributed by atoms with Crippen LogP contribution in [0.4, 0.5) is 0 Å². The highest BCUT2D eigenvalue weighted by Crippen LogP contribution is 2.26. The Morgan fingerprint density at radius 1 is 1.30 bits per heavy atom. The van der Waals surface area contributed by atoms with Crippen LogP contribution in [0.15, 0.2) is 46.9 Å². The molecule has 104 valence electrons. The molecule has 0 saturated carbocycles. The second-order valence-corrected chi connectivity index (χ2v) is 5.44. The Morgan fingerprint density at radius 3 is 2.75 bits per heavy atom. The van der Waals surface area contributed by atoms with E-state index in [9.17, 15) is 4.79 Å². The molecule has 3 nitrogen and oxygen atoms in total. The molecule has 0 radical (unpaired) electrons. The summed E-state index contributed by atoms with van der Waals surface area (Å²) in [6.07, 6.45) is 0. The molecular weight excluding hydrogens is 342 g/mol. The van der Waals surface area contributed by atoms with E-state index in [0.29, 0.717) is 22.9 Å². The van der Waals surface area contributed by atoms with Crippen molar-refractivity contribution in [1.29, 1.82) is 0 Å². The van der Waals surface area contributed by atoms with Crippen molar-refractivity contribution < 1.29 is 9.53 Å². The zero-order chi connectivity index (χ0) is 14.5. The molecule has 0 aliphatic heterocycles. The number of nitrogens with one attached hydrogen (secondary N) is 1. The van der Waals surface area contributed by atoms with E-state index in [1.165, 1.54) is 0 Å². The zero-order valence-corrected chi connectivity index (χ0v) is 13.2. The number of benzene rings is 2. The highest BCUT2D eigenvalue weighted by molar-refractivity contribution is 9.10. The second-order valence-electron chi connectivity index (χ2n) is 4.11. The summed E-state index contributed by atoms with van der Waals surface area (Å²) >= 11 is 9.46. The molecule has 1 N–H and O–H groups in total. The van der Waals surface area contributed by atoms with E-state index in [2.05, 4.69) is 21.2 Å². The largest absolute Gasteiger partial charge is 0.496 e. The fraction of sp³-hybridized carbons (Fsp3) is 0.133. The number of methoxy groups -OCH3 is 1. The smallest absolute Gasteiger partial charge is 0.251 e. The first-order valence-corrected chi connectivity index (χ1v) is 7.14. The van der Waals surface area contributed by atoms with Crippen LogP contribution in [0.1, 0.15) is 15.9 Å². The Kier molecular flexibility index (Phi) is 5.04. The molecular formula is C15H13BrClNO2. The first-order chi connectivity index (χ1) is 9.61. The third-order valence-electron chi connectivity index (χ3n) is 2.81. The molecule has 2 aromatic carbocycles. The van der Waals surface area contributed by atoms with Crippen molar-refractivity contribution in [2.75, 3.05) is 7.11 Å². The van der Waals surface area contributed by atoms with Gasteiger partial charge >= 0.3 is 0 Å². The van der Waals surface area contributed by atoms with E-state index >= 15 is 0 Å². The normalized spacial score (nSPS) is 10.2. The molecule has 0 bridgehead atoms. The minimum absolute atomic E-state index is 0.159. The van der Waals surface area contributed by atoms with Gasteiger partial charge in [-0.15, -0.1) is 0 Å². The number of ether oxygens (including phenoxy) is 1. The minimum atomic E-state index is -0.159. The second kappa shape index (κ2) is 6.77. The SMILES string of the molecule is COc1cccc(Cl)c1CNC(=O)c1cccc(Br)c1. The quantitative estimate of drug-likeness (QED) is 0.900. The van der Waals surface area contributed by atoms with E-state index in [0.717, 1.165) is 10.0 Å². The minimum Gasteiger partial charge on any atom is -0.496 e. The van der Waals surface area contributed by atoms with Crippen molar-refractivity contribution in [3.63, 3.8) is 0 Å². The maximum Gasteiger partial charge on any atom is 0.251 e. The van der Waals surface area contributed by atoms with Crippen LogP contribution in [0.5, 0.6) is 5.75 Å². The van der Waals surface area contributed by atoms with Crippen LogP contribution < -0.4 is 10.1 Å². The summed E-state index contributed by atoms with van der Waals surface area (Å²) in [7, 11) is 1.57. The van der Waals surface area contributed by atoms with Crippen LogP contribution in [-0.4, -0.2) is 13.0 Å². The number of carbonyl (C=O) groups is 1. The van der Waals surface area contributed by atoms with E-state index in [1.54, 1.807) is 31.4 Å². The van der Waals surface area contributed by atoms with Gasteiger partial charge in [-0.1, -0.05) is 39.7 Å². The van der Waals surface area contributed by atoms with Gasteiger partial charge in [0, 0.05) is 27.2 Å². The number of halogens is 2. The number of amides is 1. The summed E-state index contributed by atoms with van der Waals surface area (Å²) in [5.41, 5.74) is 1.35. The zero-order valence-electron chi connectivity index (χ0n) is 10.8. The average Bonchev–Trinajstić information content (AvgIpc) is 2.45. The van der Waals surface area contributed by atoms with Crippen molar-refractivity contribution >= 4 is 33.4 Å². The predicted octanol–water partition coefficient (Wildman–Crippen LogP) is 4.04. The van der Waals surface area contributed by atoms with Crippen molar-refractivity contribution in [3.8, 4) is 5.75 Å². The van der Waals surface area contributed by atoms with Gasteiger partial charge in [-0.05, 0) is 30.3 Å². The average molecular weight is 355 g/mol. The highest BCUT2D eigenvalue weighted by atomic mass is 79.9. The van der Waals surface area contributed by atoms with Crippen LogP contribution in [0.2, 0.25) is 5.02 Å². The van der Waals surface area contributed by atoms with Crippen molar-refractivity contribution in [2.24, 2.45) is 0 Å². The molecule has 20 heavy (non-hydrogen) atoms. The molecule has 0 aliphatic carbocycles. The van der Waals surface area contributed by atoms with Crippen LogP contribution >= 0.6 is 27.5 Å². The molecule has 0 spiro atoms. The summed E-state index contributed by atoms with van der Waals surface area (Å²) < 4.78 is 6.10.